The largest absolute Gasteiger partial charge is 0.454 e. The molecule has 1 aliphatic carbocycles. The summed E-state index contributed by atoms with van der Waals surface area (Å²) in [6.07, 6.45) is 9.42. The van der Waals surface area contributed by atoms with Crippen LogP contribution >= 0.6 is 0 Å². The molecule has 0 bridgehead atoms. The smallest absolute Gasteiger partial charge is 0.231 e. The molecule has 4 nitrogen and oxygen atoms in total. The van der Waals surface area contributed by atoms with E-state index in [4.69, 9.17) is 9.47 Å². The van der Waals surface area contributed by atoms with Crippen LogP contribution in [0.3, 0.4) is 0 Å². The van der Waals surface area contributed by atoms with Crippen molar-refractivity contribution in [2.24, 2.45) is 0 Å². The molecule has 4 rings (SSSR count). The highest BCUT2D eigenvalue weighted by Crippen LogP contribution is 2.33. The number of hydrogen-bond acceptors (Lipinski definition) is 4. The number of rotatable bonds is 5. The van der Waals surface area contributed by atoms with Gasteiger partial charge in [0.05, 0.1) is 0 Å². The molecule has 1 saturated heterocycles. The molecule has 0 N–H and O–H groups in total. The summed E-state index contributed by atoms with van der Waals surface area (Å²) >= 11 is 0. The molecule has 4 heteroatoms. The van der Waals surface area contributed by atoms with Crippen molar-refractivity contribution >= 4 is 0 Å². The lowest BCUT2D eigenvalue weighted by atomic mass is 9.88. The van der Waals surface area contributed by atoms with Gasteiger partial charge in [-0.2, -0.15) is 0 Å². The lowest BCUT2D eigenvalue weighted by Crippen LogP contribution is -2.51. The molecular weight excluding hydrogens is 300 g/mol. The number of likely N-dealkylation sites (tertiary alicyclic amines) is 1. The standard InChI is InChI=1S/C20H30N2O2/c1-21(13-10-16-8-9-19-20(14-16)24-15-23-19)17-6-2-3-7-18(17)22-11-4-5-12-22/h8-9,14,17-18H,2-7,10-13,15H2,1H3/t17-,18+/m1/s1. The van der Waals surface area contributed by atoms with Crippen molar-refractivity contribution < 1.29 is 9.47 Å². The predicted molar refractivity (Wildman–Crippen MR) is 95.8 cm³/mol. The average molecular weight is 330 g/mol. The number of nitrogens with zero attached hydrogens (tertiary/aromatic N) is 2. The maximum atomic E-state index is 5.50. The highest BCUT2D eigenvalue weighted by atomic mass is 16.7. The van der Waals surface area contributed by atoms with E-state index in [0.29, 0.717) is 6.79 Å². The van der Waals surface area contributed by atoms with Gasteiger partial charge in [-0.15, -0.1) is 0 Å². The Labute approximate surface area is 145 Å². The SMILES string of the molecule is CN(CCc1ccc2c(c1)OCO2)[C@@H]1CCCC[C@@H]1N1CCCC1. The van der Waals surface area contributed by atoms with Gasteiger partial charge in [0.25, 0.3) is 0 Å². The van der Waals surface area contributed by atoms with E-state index in [1.54, 1.807) is 0 Å². The van der Waals surface area contributed by atoms with E-state index < -0.39 is 0 Å². The Balaban J connectivity index is 1.36. The number of fused-ring (bicyclic) bond motifs is 1. The molecular formula is C20H30N2O2. The van der Waals surface area contributed by atoms with Crippen molar-refractivity contribution in [3.63, 3.8) is 0 Å². The maximum absolute atomic E-state index is 5.50. The molecule has 2 atom stereocenters. The van der Waals surface area contributed by atoms with E-state index in [2.05, 4.69) is 29.0 Å². The van der Waals surface area contributed by atoms with E-state index in [1.807, 2.05) is 6.07 Å². The summed E-state index contributed by atoms with van der Waals surface area (Å²) in [5, 5.41) is 0. The highest BCUT2D eigenvalue weighted by Gasteiger charge is 2.33. The van der Waals surface area contributed by atoms with Crippen molar-refractivity contribution in [3.8, 4) is 11.5 Å². The lowest BCUT2D eigenvalue weighted by Gasteiger charge is -2.42. The van der Waals surface area contributed by atoms with E-state index in [0.717, 1.165) is 36.5 Å². The molecule has 2 aliphatic heterocycles. The second-order valence-electron chi connectivity index (χ2n) is 7.58. The van der Waals surface area contributed by atoms with E-state index in [1.165, 1.54) is 57.2 Å². The van der Waals surface area contributed by atoms with Gasteiger partial charge in [0, 0.05) is 18.6 Å². The first-order chi connectivity index (χ1) is 11.8. The van der Waals surface area contributed by atoms with Crippen molar-refractivity contribution in [2.45, 2.75) is 57.0 Å². The van der Waals surface area contributed by atoms with Gasteiger partial charge in [0.15, 0.2) is 11.5 Å². The van der Waals surface area contributed by atoms with Crippen LogP contribution in [0.4, 0.5) is 0 Å². The van der Waals surface area contributed by atoms with Crippen LogP contribution in [0, 0.1) is 0 Å². The van der Waals surface area contributed by atoms with Gasteiger partial charge >= 0.3 is 0 Å². The Kier molecular flexibility index (Phi) is 4.95. The van der Waals surface area contributed by atoms with E-state index >= 15 is 0 Å². The minimum atomic E-state index is 0.359. The summed E-state index contributed by atoms with van der Waals surface area (Å²) in [7, 11) is 2.33. The first kappa shape index (κ1) is 16.2. The van der Waals surface area contributed by atoms with Crippen LogP contribution < -0.4 is 9.47 Å². The first-order valence-corrected chi connectivity index (χ1v) is 9.64. The number of benzene rings is 1. The Morgan fingerprint density at radius 1 is 1.04 bits per heavy atom. The van der Waals surface area contributed by atoms with E-state index in [-0.39, 0.29) is 0 Å². The third-order valence-corrected chi connectivity index (χ3v) is 6.06. The number of likely N-dealkylation sites (N-methyl/N-ethyl adjacent to an activating group) is 1. The molecule has 0 amide bonds. The minimum absolute atomic E-state index is 0.359. The zero-order valence-corrected chi connectivity index (χ0v) is 14.9. The quantitative estimate of drug-likeness (QED) is 0.827. The highest BCUT2D eigenvalue weighted by molar-refractivity contribution is 5.44. The van der Waals surface area contributed by atoms with Crippen LogP contribution in [0.15, 0.2) is 18.2 Å². The molecule has 1 saturated carbocycles. The predicted octanol–water partition coefficient (Wildman–Crippen LogP) is 3.30. The van der Waals surface area contributed by atoms with Crippen molar-refractivity contribution in [3.05, 3.63) is 23.8 Å². The summed E-state index contributed by atoms with van der Waals surface area (Å²) < 4.78 is 10.9. The second-order valence-corrected chi connectivity index (χ2v) is 7.58. The summed E-state index contributed by atoms with van der Waals surface area (Å²) in [6.45, 7) is 4.11. The third-order valence-electron chi connectivity index (χ3n) is 6.06. The fraction of sp³-hybridized carbons (Fsp3) is 0.700. The molecule has 0 aromatic heterocycles. The molecule has 0 radical (unpaired) electrons. The molecule has 0 unspecified atom stereocenters. The van der Waals surface area contributed by atoms with Crippen LogP contribution in [0.1, 0.15) is 44.1 Å². The fourth-order valence-corrected chi connectivity index (χ4v) is 4.67. The molecule has 1 aromatic rings. The van der Waals surface area contributed by atoms with Gasteiger partial charge in [-0.1, -0.05) is 18.9 Å². The van der Waals surface area contributed by atoms with Crippen molar-refractivity contribution in [1.29, 1.82) is 0 Å². The Bertz CT molecular complexity index is 557. The molecule has 24 heavy (non-hydrogen) atoms. The summed E-state index contributed by atoms with van der Waals surface area (Å²) in [5.74, 6) is 1.79. The first-order valence-electron chi connectivity index (χ1n) is 9.64. The van der Waals surface area contributed by atoms with Crippen molar-refractivity contribution in [2.75, 3.05) is 33.5 Å². The van der Waals surface area contributed by atoms with Crippen molar-refractivity contribution in [1.82, 2.24) is 9.80 Å². The van der Waals surface area contributed by atoms with Crippen LogP contribution in [0.25, 0.3) is 0 Å². The zero-order valence-electron chi connectivity index (χ0n) is 14.9. The van der Waals surface area contributed by atoms with Gasteiger partial charge in [0.1, 0.15) is 0 Å². The normalized spacial score (nSPS) is 27.1. The summed E-state index contributed by atoms with van der Waals surface area (Å²) in [5.41, 5.74) is 1.35. The van der Waals surface area contributed by atoms with Gasteiger partial charge in [-0.25, -0.2) is 0 Å². The van der Waals surface area contributed by atoms with Crippen LogP contribution in [0.2, 0.25) is 0 Å². The third kappa shape index (κ3) is 3.40. The average Bonchev–Trinajstić information content (AvgIpc) is 3.30. The van der Waals surface area contributed by atoms with Gasteiger partial charge in [-0.05, 0) is 69.9 Å². The minimum Gasteiger partial charge on any atom is -0.454 e. The van der Waals surface area contributed by atoms with Crippen LogP contribution in [-0.2, 0) is 6.42 Å². The second kappa shape index (κ2) is 7.32. The Morgan fingerprint density at radius 2 is 1.83 bits per heavy atom. The molecule has 132 valence electrons. The molecule has 2 heterocycles. The Hall–Kier alpha value is -1.26. The topological polar surface area (TPSA) is 24.9 Å². The van der Waals surface area contributed by atoms with Gasteiger partial charge < -0.3 is 14.4 Å². The molecule has 0 spiro atoms. The number of hydrogen-bond donors (Lipinski definition) is 0. The van der Waals surface area contributed by atoms with Gasteiger partial charge in [-0.3, -0.25) is 4.90 Å². The molecule has 3 aliphatic rings. The molecule has 1 aromatic carbocycles. The van der Waals surface area contributed by atoms with Gasteiger partial charge in [0.2, 0.25) is 6.79 Å². The monoisotopic (exact) mass is 330 g/mol. The lowest BCUT2D eigenvalue weighted by molar-refractivity contribution is 0.0771. The van der Waals surface area contributed by atoms with Crippen LogP contribution in [0.5, 0.6) is 11.5 Å². The Morgan fingerprint density at radius 3 is 2.71 bits per heavy atom. The number of ether oxygens (including phenoxy) is 2. The molecule has 2 fully saturated rings. The maximum Gasteiger partial charge on any atom is 0.231 e. The summed E-state index contributed by atoms with van der Waals surface area (Å²) in [4.78, 5) is 5.38. The van der Waals surface area contributed by atoms with E-state index in [9.17, 15) is 0 Å². The summed E-state index contributed by atoms with van der Waals surface area (Å²) in [6, 6.07) is 7.88. The fourth-order valence-electron chi connectivity index (χ4n) is 4.67. The zero-order chi connectivity index (χ0) is 16.4. The van der Waals surface area contributed by atoms with Crippen LogP contribution in [-0.4, -0.2) is 55.4 Å².